The van der Waals surface area contributed by atoms with Crippen molar-refractivity contribution in [2.24, 2.45) is 0 Å². The summed E-state index contributed by atoms with van der Waals surface area (Å²) < 4.78 is 10.8. The van der Waals surface area contributed by atoms with Crippen LogP contribution in [-0.4, -0.2) is 35.9 Å². The molecule has 1 saturated heterocycles. The quantitative estimate of drug-likeness (QED) is 0.364. The minimum absolute atomic E-state index is 0.149. The Bertz CT molecular complexity index is 1300. The number of carbonyl (C=O) groups excluding carboxylic acids is 2. The molecule has 0 aliphatic carbocycles. The number of likely N-dealkylation sites (tertiary alicyclic amines) is 1. The number of imide groups is 1. The van der Waals surface area contributed by atoms with Crippen LogP contribution in [0.3, 0.4) is 0 Å². The lowest BCUT2D eigenvalue weighted by atomic mass is 9.95. The highest BCUT2D eigenvalue weighted by atomic mass is 35.5. The molecule has 0 unspecified atom stereocenters. The molecule has 34 heavy (non-hydrogen) atoms. The Morgan fingerprint density at radius 2 is 1.71 bits per heavy atom. The fourth-order valence-electron chi connectivity index (χ4n) is 3.90. The SMILES string of the molecule is COc1cc(C(C)=C2C(=O)N(Cc3ccncc3)C(=O)C2=Cc2ccccc2)cc(Cl)c1OC. The number of ether oxygens (including phenoxy) is 2. The van der Waals surface area contributed by atoms with Crippen LogP contribution in [0.2, 0.25) is 5.02 Å². The Labute approximate surface area is 203 Å². The summed E-state index contributed by atoms with van der Waals surface area (Å²) in [5, 5.41) is 0.343. The first-order chi connectivity index (χ1) is 16.4. The lowest BCUT2D eigenvalue weighted by molar-refractivity contribution is -0.137. The van der Waals surface area contributed by atoms with E-state index in [1.807, 2.05) is 30.3 Å². The maximum absolute atomic E-state index is 13.6. The number of pyridine rings is 1. The number of carbonyl (C=O) groups is 2. The number of nitrogens with zero attached hydrogens (tertiary/aromatic N) is 2. The van der Waals surface area contributed by atoms with Crippen LogP contribution in [-0.2, 0) is 16.1 Å². The van der Waals surface area contributed by atoms with Crippen LogP contribution in [0.5, 0.6) is 11.5 Å². The largest absolute Gasteiger partial charge is 0.493 e. The lowest BCUT2D eigenvalue weighted by Gasteiger charge is -2.14. The Morgan fingerprint density at radius 3 is 2.35 bits per heavy atom. The first kappa shape index (κ1) is 23.3. The predicted molar refractivity (Wildman–Crippen MR) is 131 cm³/mol. The molecule has 2 aromatic carbocycles. The third-order valence-corrected chi connectivity index (χ3v) is 5.93. The van der Waals surface area contributed by atoms with E-state index in [1.165, 1.54) is 19.1 Å². The molecule has 4 rings (SSSR count). The zero-order valence-electron chi connectivity index (χ0n) is 19.0. The minimum atomic E-state index is -0.368. The maximum Gasteiger partial charge on any atom is 0.262 e. The molecule has 7 heteroatoms. The second-order valence-electron chi connectivity index (χ2n) is 7.71. The number of benzene rings is 2. The van der Waals surface area contributed by atoms with E-state index < -0.39 is 0 Å². The molecule has 0 N–H and O–H groups in total. The van der Waals surface area contributed by atoms with E-state index in [0.717, 1.165) is 11.1 Å². The molecule has 1 aliphatic heterocycles. The number of allylic oxidation sites excluding steroid dienone is 1. The Hall–Kier alpha value is -3.90. The van der Waals surface area contributed by atoms with E-state index in [0.29, 0.717) is 38.8 Å². The highest BCUT2D eigenvalue weighted by molar-refractivity contribution is 6.33. The van der Waals surface area contributed by atoms with E-state index in [4.69, 9.17) is 21.1 Å². The summed E-state index contributed by atoms with van der Waals surface area (Å²) in [5.74, 6) is 0.113. The summed E-state index contributed by atoms with van der Waals surface area (Å²) in [6, 6.07) is 16.4. The number of halogens is 1. The van der Waals surface area contributed by atoms with Crippen molar-refractivity contribution < 1.29 is 19.1 Å². The van der Waals surface area contributed by atoms with Gasteiger partial charge < -0.3 is 9.47 Å². The molecule has 0 bridgehead atoms. The van der Waals surface area contributed by atoms with Crippen molar-refractivity contribution in [3.8, 4) is 11.5 Å². The summed E-state index contributed by atoms with van der Waals surface area (Å²) in [4.78, 5) is 32.3. The fraction of sp³-hybridized carbons (Fsp3) is 0.148. The first-order valence-corrected chi connectivity index (χ1v) is 11.0. The summed E-state index contributed by atoms with van der Waals surface area (Å²) in [5.41, 5.74) is 3.55. The molecule has 2 amide bonds. The van der Waals surface area contributed by atoms with Crippen molar-refractivity contribution in [3.05, 3.63) is 99.9 Å². The van der Waals surface area contributed by atoms with Crippen LogP contribution in [0.15, 0.2) is 78.1 Å². The Morgan fingerprint density at radius 1 is 1.00 bits per heavy atom. The van der Waals surface area contributed by atoms with Gasteiger partial charge in [0.1, 0.15) is 0 Å². The third kappa shape index (κ3) is 4.45. The zero-order valence-corrected chi connectivity index (χ0v) is 19.8. The van der Waals surface area contributed by atoms with Crippen LogP contribution >= 0.6 is 11.6 Å². The minimum Gasteiger partial charge on any atom is -0.493 e. The van der Waals surface area contributed by atoms with Crippen molar-refractivity contribution in [1.29, 1.82) is 0 Å². The monoisotopic (exact) mass is 474 g/mol. The maximum atomic E-state index is 13.6. The van der Waals surface area contributed by atoms with E-state index in [2.05, 4.69) is 4.98 Å². The van der Waals surface area contributed by atoms with Gasteiger partial charge in [0.2, 0.25) is 0 Å². The van der Waals surface area contributed by atoms with Gasteiger partial charge in [0.05, 0.1) is 36.9 Å². The van der Waals surface area contributed by atoms with Gasteiger partial charge >= 0.3 is 0 Å². The molecule has 1 aromatic heterocycles. The number of hydrogen-bond acceptors (Lipinski definition) is 5. The van der Waals surface area contributed by atoms with Gasteiger partial charge in [0.15, 0.2) is 11.5 Å². The first-order valence-electron chi connectivity index (χ1n) is 10.6. The van der Waals surface area contributed by atoms with Crippen LogP contribution < -0.4 is 9.47 Å². The molecule has 6 nitrogen and oxygen atoms in total. The average Bonchev–Trinajstić information content (AvgIpc) is 3.08. The molecular weight excluding hydrogens is 452 g/mol. The fourth-order valence-corrected chi connectivity index (χ4v) is 4.19. The summed E-state index contributed by atoms with van der Waals surface area (Å²) >= 11 is 6.42. The summed E-state index contributed by atoms with van der Waals surface area (Å²) in [7, 11) is 3.02. The number of methoxy groups -OCH3 is 2. The molecular formula is C27H23ClN2O4. The van der Waals surface area contributed by atoms with Gasteiger partial charge in [-0.15, -0.1) is 0 Å². The molecule has 2 heterocycles. The van der Waals surface area contributed by atoms with Gasteiger partial charge in [-0.3, -0.25) is 19.5 Å². The summed E-state index contributed by atoms with van der Waals surface area (Å²) in [6.07, 6.45) is 5.01. The van der Waals surface area contributed by atoms with Gasteiger partial charge in [0.25, 0.3) is 11.8 Å². The molecule has 172 valence electrons. The number of amides is 2. The second kappa shape index (κ2) is 9.93. The second-order valence-corrected chi connectivity index (χ2v) is 8.12. The number of rotatable bonds is 6. The van der Waals surface area contributed by atoms with Crippen molar-refractivity contribution in [1.82, 2.24) is 9.88 Å². The molecule has 0 atom stereocenters. The molecule has 1 aliphatic rings. The molecule has 1 fully saturated rings. The third-order valence-electron chi connectivity index (χ3n) is 5.65. The van der Waals surface area contributed by atoms with Gasteiger partial charge in [-0.2, -0.15) is 0 Å². The molecule has 3 aromatic rings. The smallest absolute Gasteiger partial charge is 0.262 e. The van der Waals surface area contributed by atoms with Crippen molar-refractivity contribution in [3.63, 3.8) is 0 Å². The van der Waals surface area contributed by atoms with Gasteiger partial charge in [0, 0.05) is 12.4 Å². The zero-order chi connectivity index (χ0) is 24.2. The van der Waals surface area contributed by atoms with Crippen LogP contribution in [0.4, 0.5) is 0 Å². The number of hydrogen-bond donors (Lipinski definition) is 0. The van der Waals surface area contributed by atoms with E-state index >= 15 is 0 Å². The van der Waals surface area contributed by atoms with Crippen LogP contribution in [0, 0.1) is 0 Å². The Kier molecular flexibility index (Phi) is 6.80. The van der Waals surface area contributed by atoms with E-state index in [9.17, 15) is 9.59 Å². The van der Waals surface area contributed by atoms with Crippen LogP contribution in [0.25, 0.3) is 11.6 Å². The lowest BCUT2D eigenvalue weighted by Crippen LogP contribution is -2.29. The van der Waals surface area contributed by atoms with Crippen molar-refractivity contribution in [2.45, 2.75) is 13.5 Å². The normalized spacial score (nSPS) is 16.2. The van der Waals surface area contributed by atoms with Crippen molar-refractivity contribution >= 4 is 35.1 Å². The van der Waals surface area contributed by atoms with Gasteiger partial charge in [-0.05, 0) is 59.5 Å². The van der Waals surface area contributed by atoms with Gasteiger partial charge in [-0.1, -0.05) is 41.9 Å². The molecule has 0 spiro atoms. The predicted octanol–water partition coefficient (Wildman–Crippen LogP) is 5.18. The van der Waals surface area contributed by atoms with E-state index in [-0.39, 0.29) is 18.4 Å². The topological polar surface area (TPSA) is 68.7 Å². The molecule has 0 radical (unpaired) electrons. The Balaban J connectivity index is 1.87. The van der Waals surface area contributed by atoms with Crippen molar-refractivity contribution in [2.75, 3.05) is 14.2 Å². The highest BCUT2D eigenvalue weighted by Gasteiger charge is 2.40. The van der Waals surface area contributed by atoms with E-state index in [1.54, 1.807) is 49.7 Å². The number of aromatic nitrogens is 1. The average molecular weight is 475 g/mol. The van der Waals surface area contributed by atoms with Gasteiger partial charge in [-0.25, -0.2) is 0 Å². The highest BCUT2D eigenvalue weighted by Crippen LogP contribution is 2.40. The summed E-state index contributed by atoms with van der Waals surface area (Å²) in [6.45, 7) is 1.95. The molecule has 0 saturated carbocycles. The standard InChI is InChI=1S/C27H23ClN2O4/c1-17(20-14-22(28)25(34-3)23(15-20)33-2)24-21(13-18-7-5-4-6-8-18)26(31)30(27(24)32)16-19-9-11-29-12-10-19/h4-15H,16H2,1-3H3. The van der Waals surface area contributed by atoms with Crippen LogP contribution in [0.1, 0.15) is 23.6 Å².